The molecule has 4 rings (SSSR count). The minimum absolute atomic E-state index is 0.0605. The van der Waals surface area contributed by atoms with Crippen LogP contribution >= 0.6 is 23.2 Å². The predicted octanol–water partition coefficient (Wildman–Crippen LogP) is 2.04. The van der Waals surface area contributed by atoms with Crippen molar-refractivity contribution in [3.63, 3.8) is 0 Å². The highest BCUT2D eigenvalue weighted by molar-refractivity contribution is 6.32. The van der Waals surface area contributed by atoms with E-state index >= 15 is 0 Å². The number of rotatable bonds is 6. The zero-order chi connectivity index (χ0) is 20.4. The highest BCUT2D eigenvalue weighted by Gasteiger charge is 2.17. The van der Waals surface area contributed by atoms with Gasteiger partial charge in [0.2, 0.25) is 5.89 Å². The van der Waals surface area contributed by atoms with Crippen LogP contribution in [0.2, 0.25) is 10.0 Å². The topological polar surface area (TPSA) is 136 Å². The Bertz CT molecular complexity index is 1170. The van der Waals surface area contributed by atoms with E-state index in [0.717, 1.165) is 4.68 Å². The lowest BCUT2D eigenvalue weighted by Gasteiger charge is -2.08. The van der Waals surface area contributed by atoms with E-state index in [2.05, 4.69) is 30.4 Å². The lowest BCUT2D eigenvalue weighted by Crippen LogP contribution is -2.24. The first-order valence-electron chi connectivity index (χ1n) is 8.37. The summed E-state index contributed by atoms with van der Waals surface area (Å²) in [6.45, 7) is -0.0702. The van der Waals surface area contributed by atoms with Crippen LogP contribution in [0.3, 0.4) is 0 Å². The number of aromatic nitrogens is 7. The van der Waals surface area contributed by atoms with Crippen LogP contribution in [0.15, 0.2) is 46.1 Å². The summed E-state index contributed by atoms with van der Waals surface area (Å²) in [5, 5.41) is 25.1. The fourth-order valence-corrected chi connectivity index (χ4v) is 2.98. The predicted molar refractivity (Wildman–Crippen MR) is 102 cm³/mol. The molecule has 148 valence electrons. The Kier molecular flexibility index (Phi) is 5.38. The molecule has 0 saturated carbocycles. The van der Waals surface area contributed by atoms with Crippen molar-refractivity contribution in [2.45, 2.75) is 19.1 Å². The van der Waals surface area contributed by atoms with Crippen LogP contribution in [0, 0.1) is 0 Å². The van der Waals surface area contributed by atoms with Gasteiger partial charge >= 0.3 is 0 Å². The van der Waals surface area contributed by atoms with E-state index in [9.17, 15) is 9.90 Å². The molecule has 10 nitrogen and oxygen atoms in total. The Morgan fingerprint density at radius 2 is 2.03 bits per heavy atom. The van der Waals surface area contributed by atoms with Gasteiger partial charge in [-0.25, -0.2) is 9.67 Å². The maximum atomic E-state index is 12.5. The molecule has 0 fully saturated rings. The van der Waals surface area contributed by atoms with Gasteiger partial charge in [-0.1, -0.05) is 40.5 Å². The number of hydrogen-bond acceptors (Lipinski definition) is 8. The third kappa shape index (κ3) is 4.19. The molecular weight excluding hydrogens is 421 g/mol. The number of benzene rings is 1. The van der Waals surface area contributed by atoms with Crippen LogP contribution in [-0.2, 0) is 13.0 Å². The highest BCUT2D eigenvalue weighted by Crippen LogP contribution is 2.21. The summed E-state index contributed by atoms with van der Waals surface area (Å²) in [6, 6.07) is 6.81. The van der Waals surface area contributed by atoms with Crippen molar-refractivity contribution in [1.29, 1.82) is 0 Å². The number of aliphatic hydroxyl groups is 1. The Labute approximate surface area is 173 Å². The van der Waals surface area contributed by atoms with Gasteiger partial charge in [-0.2, -0.15) is 15.2 Å². The van der Waals surface area contributed by atoms with E-state index in [0.29, 0.717) is 27.8 Å². The molecule has 1 atom stereocenters. The summed E-state index contributed by atoms with van der Waals surface area (Å²) in [6.07, 6.45) is 2.01. The third-order valence-electron chi connectivity index (χ3n) is 4.08. The fourth-order valence-electron chi connectivity index (χ4n) is 2.62. The van der Waals surface area contributed by atoms with E-state index in [1.54, 1.807) is 24.3 Å². The van der Waals surface area contributed by atoms with E-state index in [1.807, 2.05) is 0 Å². The van der Waals surface area contributed by atoms with Crippen molar-refractivity contribution in [2.75, 3.05) is 0 Å². The number of nitrogens with zero attached hydrogens (tertiary/aromatic N) is 6. The molecule has 0 unspecified atom stereocenters. The molecule has 0 radical (unpaired) electrons. The number of aromatic amines is 1. The minimum atomic E-state index is -0.825. The standard InChI is InChI=1S/C17H13Cl2N7O3/c18-10-3-1-9(2-4-10)12(27)5-13-23-14(29-25-13)7-26-17(28)15(19)11(6-22-26)16-20-8-21-24-16/h1-4,6,8,12,27H,5,7H2,(H,20,21,24)/t12-/m0/s1. The van der Waals surface area contributed by atoms with Gasteiger partial charge < -0.3 is 9.63 Å². The van der Waals surface area contributed by atoms with Gasteiger partial charge in [-0.05, 0) is 17.7 Å². The molecule has 0 aliphatic rings. The molecular formula is C17H13Cl2N7O3. The summed E-state index contributed by atoms with van der Waals surface area (Å²) < 4.78 is 6.25. The summed E-state index contributed by atoms with van der Waals surface area (Å²) in [4.78, 5) is 20.6. The van der Waals surface area contributed by atoms with Crippen LogP contribution in [0.5, 0.6) is 0 Å². The van der Waals surface area contributed by atoms with Gasteiger partial charge in [0.25, 0.3) is 5.56 Å². The molecule has 0 saturated heterocycles. The zero-order valence-corrected chi connectivity index (χ0v) is 16.2. The molecule has 0 aliphatic heterocycles. The third-order valence-corrected chi connectivity index (χ3v) is 4.70. The van der Waals surface area contributed by atoms with Crippen molar-refractivity contribution in [2.24, 2.45) is 0 Å². The Morgan fingerprint density at radius 1 is 1.24 bits per heavy atom. The minimum Gasteiger partial charge on any atom is -0.388 e. The Hall–Kier alpha value is -3.08. The molecule has 3 aromatic heterocycles. The van der Waals surface area contributed by atoms with E-state index < -0.39 is 11.7 Å². The van der Waals surface area contributed by atoms with Crippen molar-refractivity contribution >= 4 is 23.2 Å². The number of halogens is 2. The summed E-state index contributed by atoms with van der Waals surface area (Å²) >= 11 is 12.0. The van der Waals surface area contributed by atoms with E-state index in [-0.39, 0.29) is 23.9 Å². The Morgan fingerprint density at radius 3 is 2.76 bits per heavy atom. The molecule has 0 amide bonds. The first kappa shape index (κ1) is 19.2. The van der Waals surface area contributed by atoms with Gasteiger partial charge in [0.1, 0.15) is 17.9 Å². The number of aliphatic hydroxyl groups excluding tert-OH is 1. The molecule has 0 bridgehead atoms. The average Bonchev–Trinajstić information content (AvgIpc) is 3.38. The fraction of sp³-hybridized carbons (Fsp3) is 0.176. The molecule has 0 spiro atoms. The smallest absolute Gasteiger partial charge is 0.286 e. The van der Waals surface area contributed by atoms with E-state index in [1.165, 1.54) is 12.5 Å². The number of H-pyrrole nitrogens is 1. The molecule has 0 aliphatic carbocycles. The van der Waals surface area contributed by atoms with Crippen LogP contribution in [0.1, 0.15) is 23.4 Å². The monoisotopic (exact) mass is 433 g/mol. The lowest BCUT2D eigenvalue weighted by molar-refractivity contribution is 0.174. The first-order chi connectivity index (χ1) is 14.0. The second-order valence-electron chi connectivity index (χ2n) is 6.04. The lowest BCUT2D eigenvalue weighted by atomic mass is 10.1. The van der Waals surface area contributed by atoms with Crippen LogP contribution in [0.25, 0.3) is 11.4 Å². The first-order valence-corrected chi connectivity index (χ1v) is 9.13. The summed E-state index contributed by atoms with van der Waals surface area (Å²) in [5.74, 6) is 0.782. The zero-order valence-electron chi connectivity index (χ0n) is 14.7. The highest BCUT2D eigenvalue weighted by atomic mass is 35.5. The number of nitrogens with one attached hydrogen (secondary N) is 1. The average molecular weight is 434 g/mol. The maximum Gasteiger partial charge on any atom is 0.286 e. The Balaban J connectivity index is 1.48. The molecule has 3 heterocycles. The second kappa shape index (κ2) is 8.11. The maximum absolute atomic E-state index is 12.5. The van der Waals surface area contributed by atoms with Crippen molar-refractivity contribution in [1.82, 2.24) is 35.1 Å². The number of hydrogen-bond donors (Lipinski definition) is 2. The van der Waals surface area contributed by atoms with Crippen molar-refractivity contribution in [3.8, 4) is 11.4 Å². The van der Waals surface area contributed by atoms with Crippen molar-refractivity contribution in [3.05, 3.63) is 74.5 Å². The van der Waals surface area contributed by atoms with E-state index in [4.69, 9.17) is 27.7 Å². The van der Waals surface area contributed by atoms with Crippen LogP contribution in [-0.4, -0.2) is 40.2 Å². The molecule has 29 heavy (non-hydrogen) atoms. The SMILES string of the molecule is O=c1c(Cl)c(-c2ncn[nH]2)cnn1Cc1nc(C[C@H](O)c2ccc(Cl)cc2)no1. The van der Waals surface area contributed by atoms with Gasteiger partial charge in [0.05, 0.1) is 17.9 Å². The molecule has 2 N–H and O–H groups in total. The summed E-state index contributed by atoms with van der Waals surface area (Å²) in [7, 11) is 0. The quantitative estimate of drug-likeness (QED) is 0.471. The van der Waals surface area contributed by atoms with Gasteiger partial charge in [-0.3, -0.25) is 9.89 Å². The van der Waals surface area contributed by atoms with Crippen LogP contribution in [0.4, 0.5) is 0 Å². The largest absolute Gasteiger partial charge is 0.388 e. The molecule has 1 aromatic carbocycles. The van der Waals surface area contributed by atoms with Crippen molar-refractivity contribution < 1.29 is 9.63 Å². The molecule has 4 aromatic rings. The van der Waals surface area contributed by atoms with Crippen LogP contribution < -0.4 is 5.56 Å². The molecule has 12 heteroatoms. The second-order valence-corrected chi connectivity index (χ2v) is 6.86. The van der Waals surface area contributed by atoms with Gasteiger partial charge in [0, 0.05) is 11.4 Å². The normalized spacial score (nSPS) is 12.2. The summed E-state index contributed by atoms with van der Waals surface area (Å²) in [5.41, 5.74) is 0.470. The van der Waals surface area contributed by atoms with Gasteiger partial charge in [-0.15, -0.1) is 0 Å². The van der Waals surface area contributed by atoms with Gasteiger partial charge in [0.15, 0.2) is 11.6 Å².